The summed E-state index contributed by atoms with van der Waals surface area (Å²) in [5.74, 6) is 0.336. The molecule has 1 atom stereocenters. The minimum absolute atomic E-state index is 0.0532. The largest absolute Gasteiger partial charge is 0.481 e. The molecule has 0 aliphatic carbocycles. The predicted molar refractivity (Wildman–Crippen MR) is 79.2 cm³/mol. The smallest absolute Gasteiger partial charge is 0.309 e. The molecule has 0 bridgehead atoms. The molecule has 0 aromatic carbocycles. The van der Waals surface area contributed by atoms with Crippen molar-refractivity contribution in [1.29, 1.82) is 0 Å². The quantitative estimate of drug-likeness (QED) is 0.915. The summed E-state index contributed by atoms with van der Waals surface area (Å²) in [6.07, 6.45) is 1.53. The predicted octanol–water partition coefficient (Wildman–Crippen LogP) is 1.49. The first-order chi connectivity index (χ1) is 10.4. The maximum absolute atomic E-state index is 12.0. The molecule has 1 amide bonds. The standard InChI is InChI=1S/C16H22N2O4/c1-11-3-4-12(22-11)10-18-7-5-16(6-8-18)13(15(20)21)9-14(19)17(16)2/h3-4,13H,5-10H2,1-2H3,(H,20,21)/t13-/m0/s1. The second kappa shape index (κ2) is 5.43. The number of amides is 1. The molecule has 1 N–H and O–H groups in total. The van der Waals surface area contributed by atoms with Gasteiger partial charge in [0, 0.05) is 26.6 Å². The highest BCUT2D eigenvalue weighted by molar-refractivity contribution is 5.88. The highest BCUT2D eigenvalue weighted by Crippen LogP contribution is 2.42. The van der Waals surface area contributed by atoms with Gasteiger partial charge in [-0.25, -0.2) is 0 Å². The molecular weight excluding hydrogens is 284 g/mol. The zero-order valence-corrected chi connectivity index (χ0v) is 13.0. The number of carbonyl (C=O) groups excluding carboxylic acids is 1. The van der Waals surface area contributed by atoms with E-state index in [1.54, 1.807) is 11.9 Å². The summed E-state index contributed by atoms with van der Waals surface area (Å²) in [5.41, 5.74) is -0.515. The maximum atomic E-state index is 12.0. The van der Waals surface area contributed by atoms with E-state index in [2.05, 4.69) is 4.90 Å². The molecule has 0 saturated carbocycles. The van der Waals surface area contributed by atoms with E-state index in [0.29, 0.717) is 12.8 Å². The maximum Gasteiger partial charge on any atom is 0.309 e. The van der Waals surface area contributed by atoms with Crippen LogP contribution >= 0.6 is 0 Å². The summed E-state index contributed by atoms with van der Waals surface area (Å²) in [7, 11) is 1.75. The van der Waals surface area contributed by atoms with E-state index < -0.39 is 17.4 Å². The number of carboxylic acids is 1. The highest BCUT2D eigenvalue weighted by Gasteiger charge is 2.55. The summed E-state index contributed by atoms with van der Waals surface area (Å²) in [6.45, 7) is 4.22. The molecule has 2 aliphatic heterocycles. The molecule has 6 heteroatoms. The summed E-state index contributed by atoms with van der Waals surface area (Å²) < 4.78 is 5.60. The van der Waals surface area contributed by atoms with E-state index in [-0.39, 0.29) is 12.3 Å². The van der Waals surface area contributed by atoms with Crippen LogP contribution in [-0.2, 0) is 16.1 Å². The Labute approximate surface area is 129 Å². The Hall–Kier alpha value is -1.82. The van der Waals surface area contributed by atoms with Crippen molar-refractivity contribution in [2.75, 3.05) is 20.1 Å². The molecule has 2 aliphatic rings. The van der Waals surface area contributed by atoms with E-state index in [1.807, 2.05) is 19.1 Å². The monoisotopic (exact) mass is 306 g/mol. The third-order valence-corrected chi connectivity index (χ3v) is 5.26. The first-order valence-corrected chi connectivity index (χ1v) is 7.69. The number of aliphatic carboxylic acids is 1. The number of carbonyl (C=O) groups is 2. The average molecular weight is 306 g/mol. The number of rotatable bonds is 3. The third-order valence-electron chi connectivity index (χ3n) is 5.26. The Morgan fingerprint density at radius 3 is 2.64 bits per heavy atom. The molecule has 1 spiro atoms. The van der Waals surface area contributed by atoms with Gasteiger partial charge in [-0.1, -0.05) is 0 Å². The summed E-state index contributed by atoms with van der Waals surface area (Å²) >= 11 is 0. The molecule has 1 aromatic rings. The van der Waals surface area contributed by atoms with Gasteiger partial charge in [-0.15, -0.1) is 0 Å². The number of piperidine rings is 1. The van der Waals surface area contributed by atoms with Gasteiger partial charge < -0.3 is 14.4 Å². The van der Waals surface area contributed by atoms with Gasteiger partial charge in [0.05, 0.1) is 18.0 Å². The molecule has 0 unspecified atom stereocenters. The molecule has 120 valence electrons. The lowest BCUT2D eigenvalue weighted by molar-refractivity contribution is -0.146. The number of hydrogen-bond acceptors (Lipinski definition) is 4. The van der Waals surface area contributed by atoms with Gasteiger partial charge >= 0.3 is 5.97 Å². The van der Waals surface area contributed by atoms with Crippen LogP contribution in [0.3, 0.4) is 0 Å². The Bertz CT molecular complexity index is 587. The molecule has 3 heterocycles. The van der Waals surface area contributed by atoms with Crippen LogP contribution in [-0.4, -0.2) is 52.5 Å². The fourth-order valence-corrected chi connectivity index (χ4v) is 3.87. The third kappa shape index (κ3) is 2.41. The van der Waals surface area contributed by atoms with Crippen molar-refractivity contribution in [2.24, 2.45) is 5.92 Å². The first-order valence-electron chi connectivity index (χ1n) is 7.69. The van der Waals surface area contributed by atoms with Crippen molar-refractivity contribution < 1.29 is 19.1 Å². The minimum Gasteiger partial charge on any atom is -0.481 e. The van der Waals surface area contributed by atoms with Gasteiger partial charge in [-0.3, -0.25) is 14.5 Å². The second-order valence-corrected chi connectivity index (χ2v) is 6.44. The zero-order valence-electron chi connectivity index (χ0n) is 13.0. The van der Waals surface area contributed by atoms with E-state index in [1.165, 1.54) is 0 Å². The Kier molecular flexibility index (Phi) is 3.72. The Balaban J connectivity index is 1.69. The van der Waals surface area contributed by atoms with Crippen LogP contribution in [0.15, 0.2) is 16.5 Å². The van der Waals surface area contributed by atoms with E-state index in [9.17, 15) is 14.7 Å². The summed E-state index contributed by atoms with van der Waals surface area (Å²) in [4.78, 5) is 27.4. The van der Waals surface area contributed by atoms with Gasteiger partial charge in [0.1, 0.15) is 11.5 Å². The van der Waals surface area contributed by atoms with Gasteiger partial charge in [0.25, 0.3) is 0 Å². The lowest BCUT2D eigenvalue weighted by Crippen LogP contribution is -2.55. The van der Waals surface area contributed by atoms with E-state index in [0.717, 1.165) is 31.2 Å². The number of likely N-dealkylation sites (tertiary alicyclic amines) is 2. The van der Waals surface area contributed by atoms with Gasteiger partial charge in [-0.2, -0.15) is 0 Å². The molecule has 2 fully saturated rings. The van der Waals surface area contributed by atoms with E-state index >= 15 is 0 Å². The van der Waals surface area contributed by atoms with Crippen LogP contribution in [0.1, 0.15) is 30.8 Å². The Morgan fingerprint density at radius 1 is 1.41 bits per heavy atom. The molecule has 6 nitrogen and oxygen atoms in total. The van der Waals surface area contributed by atoms with Crippen molar-refractivity contribution in [3.05, 3.63) is 23.7 Å². The number of nitrogens with zero attached hydrogens (tertiary/aromatic N) is 2. The van der Waals surface area contributed by atoms with Gasteiger partial charge in [0.15, 0.2) is 0 Å². The molecule has 2 saturated heterocycles. The van der Waals surface area contributed by atoms with E-state index in [4.69, 9.17) is 4.42 Å². The van der Waals surface area contributed by atoms with Crippen LogP contribution in [0.2, 0.25) is 0 Å². The van der Waals surface area contributed by atoms with Gasteiger partial charge in [-0.05, 0) is 31.9 Å². The molecule has 0 radical (unpaired) electrons. The van der Waals surface area contributed by atoms with Crippen LogP contribution in [0.5, 0.6) is 0 Å². The number of carboxylic acid groups (broad SMARTS) is 1. The highest BCUT2D eigenvalue weighted by atomic mass is 16.4. The molecular formula is C16H22N2O4. The summed E-state index contributed by atoms with van der Waals surface area (Å²) in [6, 6.07) is 3.93. The fraction of sp³-hybridized carbons (Fsp3) is 0.625. The SMILES string of the molecule is Cc1ccc(CN2CCC3(CC2)[C@H](C(=O)O)CC(=O)N3C)o1. The lowest BCUT2D eigenvalue weighted by atomic mass is 9.77. The normalized spacial score (nSPS) is 25.1. The second-order valence-electron chi connectivity index (χ2n) is 6.44. The topological polar surface area (TPSA) is 74.0 Å². The summed E-state index contributed by atoms with van der Waals surface area (Å²) in [5, 5.41) is 9.46. The minimum atomic E-state index is -0.854. The Morgan fingerprint density at radius 2 is 2.09 bits per heavy atom. The number of aryl methyl sites for hydroxylation is 1. The number of hydrogen-bond donors (Lipinski definition) is 1. The molecule has 22 heavy (non-hydrogen) atoms. The first kappa shape index (κ1) is 15.1. The lowest BCUT2D eigenvalue weighted by Gasteiger charge is -2.45. The average Bonchev–Trinajstić information content (AvgIpc) is 2.99. The fourth-order valence-electron chi connectivity index (χ4n) is 3.87. The van der Waals surface area contributed by atoms with Crippen molar-refractivity contribution >= 4 is 11.9 Å². The zero-order chi connectivity index (χ0) is 15.9. The van der Waals surface area contributed by atoms with Crippen molar-refractivity contribution in [3.63, 3.8) is 0 Å². The molecule has 1 aromatic heterocycles. The van der Waals surface area contributed by atoms with Crippen LogP contribution < -0.4 is 0 Å². The van der Waals surface area contributed by atoms with Crippen molar-refractivity contribution in [3.8, 4) is 0 Å². The van der Waals surface area contributed by atoms with Crippen molar-refractivity contribution in [1.82, 2.24) is 9.80 Å². The van der Waals surface area contributed by atoms with Crippen LogP contribution in [0.25, 0.3) is 0 Å². The number of furan rings is 1. The van der Waals surface area contributed by atoms with Crippen molar-refractivity contribution in [2.45, 2.75) is 38.3 Å². The van der Waals surface area contributed by atoms with Crippen LogP contribution in [0.4, 0.5) is 0 Å². The molecule has 3 rings (SSSR count). The van der Waals surface area contributed by atoms with Gasteiger partial charge in [0.2, 0.25) is 5.91 Å². The van der Waals surface area contributed by atoms with Crippen LogP contribution in [0, 0.1) is 12.8 Å².